The number of benzene rings is 2. The van der Waals surface area contributed by atoms with Gasteiger partial charge in [-0.3, -0.25) is 9.83 Å². The molecular formula is C27H34N10O4. The number of hydroxylamine groups is 1. The second-order valence-corrected chi connectivity index (χ2v) is 9.19. The molecule has 3 atom stereocenters. The summed E-state index contributed by atoms with van der Waals surface area (Å²) in [5.74, 6) is 0.846. The van der Waals surface area contributed by atoms with Crippen molar-refractivity contribution in [1.82, 2.24) is 26.1 Å². The van der Waals surface area contributed by atoms with Crippen LogP contribution in [0.3, 0.4) is 0 Å². The van der Waals surface area contributed by atoms with Crippen LogP contribution in [0, 0.1) is 0 Å². The summed E-state index contributed by atoms with van der Waals surface area (Å²) in [6.07, 6.45) is 2.78. The van der Waals surface area contributed by atoms with Crippen LogP contribution in [0.15, 0.2) is 67.9 Å². The van der Waals surface area contributed by atoms with Crippen LogP contribution in [0.5, 0.6) is 0 Å². The summed E-state index contributed by atoms with van der Waals surface area (Å²) in [5.41, 5.74) is 24.7. The van der Waals surface area contributed by atoms with E-state index in [1.54, 1.807) is 0 Å². The van der Waals surface area contributed by atoms with Gasteiger partial charge < -0.3 is 22.4 Å². The fourth-order valence-corrected chi connectivity index (χ4v) is 4.81. The first-order valence-electron chi connectivity index (χ1n) is 13.3. The van der Waals surface area contributed by atoms with E-state index in [0.29, 0.717) is 17.4 Å². The Bertz CT molecular complexity index is 1500. The highest BCUT2D eigenvalue weighted by Crippen LogP contribution is 2.42. The molecule has 0 fully saturated rings. The smallest absolute Gasteiger partial charge is 0.199 e. The predicted octanol–water partition coefficient (Wildman–Crippen LogP) is 3.63. The lowest BCUT2D eigenvalue weighted by Gasteiger charge is -2.16. The van der Waals surface area contributed by atoms with Gasteiger partial charge in [0.15, 0.2) is 34.7 Å². The molecule has 14 heteroatoms. The number of aryl methyl sites for hydroxylation is 1. The lowest BCUT2D eigenvalue weighted by atomic mass is 10.0. The number of nitrogens with one attached hydrogen (secondary N) is 1. The number of nitrogen functional groups attached to an aromatic ring is 2. The number of aliphatic imine (C=N–C) groups is 1. The van der Waals surface area contributed by atoms with Crippen LogP contribution >= 0.6 is 0 Å². The van der Waals surface area contributed by atoms with Crippen molar-refractivity contribution in [3.05, 3.63) is 82.2 Å². The van der Waals surface area contributed by atoms with Crippen molar-refractivity contribution in [3.63, 3.8) is 0 Å². The maximum absolute atomic E-state index is 8.13. The number of hydrogen-bond donors (Lipinski definition) is 5. The lowest BCUT2D eigenvalue weighted by molar-refractivity contribution is 0.0100. The maximum atomic E-state index is 8.13. The largest absolute Gasteiger partial charge is 0.409 e. The Morgan fingerprint density at radius 1 is 0.927 bits per heavy atom. The fourth-order valence-electron chi connectivity index (χ4n) is 4.81. The molecule has 0 aliphatic heterocycles. The third kappa shape index (κ3) is 6.44. The second kappa shape index (κ2) is 13.4. The number of rotatable bonds is 5. The number of amidine groups is 2. The molecule has 0 bridgehead atoms. The Morgan fingerprint density at radius 2 is 1.54 bits per heavy atom. The minimum Gasteiger partial charge on any atom is -0.409 e. The van der Waals surface area contributed by atoms with Gasteiger partial charge >= 0.3 is 0 Å². The van der Waals surface area contributed by atoms with Crippen LogP contribution in [-0.4, -0.2) is 37.5 Å². The van der Waals surface area contributed by atoms with Crippen LogP contribution in [-0.2, 0) is 11.3 Å². The zero-order valence-electron chi connectivity index (χ0n) is 23.1. The fraction of sp³-hybridized carbons (Fsp3) is 0.333. The molecule has 2 aliphatic rings. The van der Waals surface area contributed by atoms with E-state index >= 15 is 0 Å². The van der Waals surface area contributed by atoms with E-state index in [1.807, 2.05) is 26.0 Å². The normalized spacial score (nSPS) is 19.3. The van der Waals surface area contributed by atoms with Crippen molar-refractivity contribution in [1.29, 1.82) is 0 Å². The highest BCUT2D eigenvalue weighted by Gasteiger charge is 2.30. The zero-order chi connectivity index (χ0) is 29.4. The lowest BCUT2D eigenvalue weighted by Crippen LogP contribution is -2.28. The molecule has 41 heavy (non-hydrogen) atoms. The Labute approximate surface area is 236 Å². The molecule has 2 aliphatic carbocycles. The van der Waals surface area contributed by atoms with E-state index < -0.39 is 0 Å². The predicted molar refractivity (Wildman–Crippen MR) is 152 cm³/mol. The van der Waals surface area contributed by atoms with E-state index in [1.165, 1.54) is 22.3 Å². The van der Waals surface area contributed by atoms with Crippen LogP contribution in [0.1, 0.15) is 85.3 Å². The number of nitrogens with zero attached hydrogens (tertiary/aromatic N) is 6. The van der Waals surface area contributed by atoms with Gasteiger partial charge in [-0.15, -0.1) is 0 Å². The maximum Gasteiger partial charge on any atom is 0.199 e. The summed E-state index contributed by atoms with van der Waals surface area (Å²) in [6, 6.07) is 16.7. The highest BCUT2D eigenvalue weighted by atomic mass is 16.7. The molecule has 2 aromatic carbocycles. The number of aromatic nitrogens is 4. The van der Waals surface area contributed by atoms with Crippen molar-refractivity contribution in [2.45, 2.75) is 58.1 Å². The van der Waals surface area contributed by atoms with E-state index in [9.17, 15) is 0 Å². The Kier molecular flexibility index (Phi) is 9.47. The van der Waals surface area contributed by atoms with Gasteiger partial charge in [-0.1, -0.05) is 74.5 Å². The van der Waals surface area contributed by atoms with Crippen molar-refractivity contribution < 1.29 is 19.3 Å². The van der Waals surface area contributed by atoms with Gasteiger partial charge in [0.25, 0.3) is 0 Å². The number of oxime groups is 1. The molecule has 2 aromatic heterocycles. The van der Waals surface area contributed by atoms with E-state index in [4.69, 9.17) is 36.9 Å². The molecule has 0 unspecified atom stereocenters. The monoisotopic (exact) mass is 562 g/mol. The first-order chi connectivity index (χ1) is 20.0. The molecule has 0 saturated heterocycles. The Balaban J connectivity index is 0.000000273. The van der Waals surface area contributed by atoms with Crippen molar-refractivity contribution in [2.24, 2.45) is 15.9 Å². The molecule has 2 heterocycles. The molecule has 14 nitrogen and oxygen atoms in total. The highest BCUT2D eigenvalue weighted by molar-refractivity contribution is 6.00. The van der Waals surface area contributed by atoms with Crippen LogP contribution in [0.4, 0.5) is 11.6 Å². The minimum absolute atomic E-state index is 0.000681. The average molecular weight is 563 g/mol. The number of anilines is 2. The van der Waals surface area contributed by atoms with Gasteiger partial charge in [-0.2, -0.15) is 0 Å². The summed E-state index contributed by atoms with van der Waals surface area (Å²) < 4.78 is 8.98. The van der Waals surface area contributed by atoms with Crippen LogP contribution < -0.4 is 22.7 Å². The number of nitrogens with two attached hydrogens (primary N) is 3. The molecular weight excluding hydrogens is 528 g/mol. The van der Waals surface area contributed by atoms with Crippen molar-refractivity contribution in [3.8, 4) is 0 Å². The molecule has 0 radical (unpaired) electrons. The average Bonchev–Trinajstić information content (AvgIpc) is 3.80. The molecule has 8 N–H and O–H groups in total. The van der Waals surface area contributed by atoms with E-state index in [0.717, 1.165) is 19.3 Å². The van der Waals surface area contributed by atoms with E-state index in [-0.39, 0.29) is 35.3 Å². The molecule has 0 amide bonds. The van der Waals surface area contributed by atoms with Gasteiger partial charge in [0.1, 0.15) is 6.10 Å². The topological polar surface area (TPSA) is 222 Å². The Morgan fingerprint density at radius 3 is 2.17 bits per heavy atom. The van der Waals surface area contributed by atoms with Crippen molar-refractivity contribution in [2.75, 3.05) is 11.5 Å². The molecule has 6 rings (SSSR count). The third-order valence-electron chi connectivity index (χ3n) is 6.73. The SMILES string of the molecule is CC.C[C@H]1C[C@@H](N=C(NO[C@H]2CCc3ccccc32)c2nonc2N)c2ccccc21.N/C(=N\O)c1nonc1N. The number of fused-ring (bicyclic) bond motifs is 2. The quantitative estimate of drug-likeness (QED) is 0.102. The zero-order valence-corrected chi connectivity index (χ0v) is 23.1. The van der Waals surface area contributed by atoms with Gasteiger partial charge in [0.2, 0.25) is 0 Å². The van der Waals surface area contributed by atoms with Crippen LogP contribution in [0.2, 0.25) is 0 Å². The standard InChI is InChI=1S/C22H23N5O2.C3H5N5O2.C2H6/c1-13-12-18(17-9-5-4-7-15(13)17)24-22(20-21(23)26-29-25-20)27-28-19-11-10-14-6-2-3-8-16(14)19;4-2(6-9)1-3(5)8-10-7-1;1-2/h2-9,13,18-19H,10-12H2,1H3,(H2,23,26)(H,24,27);9H,(H2,4,6)(H2,5,8);1-2H3/t13-,18+,19-;;/m0../s1. The van der Waals surface area contributed by atoms with Crippen LogP contribution in [0.25, 0.3) is 0 Å². The van der Waals surface area contributed by atoms with Gasteiger partial charge in [-0.05, 0) is 68.1 Å². The summed E-state index contributed by atoms with van der Waals surface area (Å²) in [4.78, 5) is 11.0. The van der Waals surface area contributed by atoms with Crippen molar-refractivity contribution >= 4 is 23.3 Å². The molecule has 0 spiro atoms. The Hall–Kier alpha value is -4.98. The second-order valence-electron chi connectivity index (χ2n) is 9.19. The minimum atomic E-state index is -0.223. The summed E-state index contributed by atoms with van der Waals surface area (Å²) >= 11 is 0. The first kappa shape index (κ1) is 29.0. The first-order valence-corrected chi connectivity index (χ1v) is 13.3. The summed E-state index contributed by atoms with van der Waals surface area (Å²) in [6.45, 7) is 6.22. The van der Waals surface area contributed by atoms with E-state index in [2.05, 4.69) is 79.2 Å². The third-order valence-corrected chi connectivity index (χ3v) is 6.73. The summed E-state index contributed by atoms with van der Waals surface area (Å²) in [5, 5.41) is 24.9. The molecule has 216 valence electrons. The summed E-state index contributed by atoms with van der Waals surface area (Å²) in [7, 11) is 0. The molecule has 0 saturated carbocycles. The number of hydrogen-bond acceptors (Lipinski definition) is 12. The van der Waals surface area contributed by atoms with Gasteiger partial charge in [-0.25, -0.2) is 14.7 Å². The van der Waals surface area contributed by atoms with Gasteiger partial charge in [0, 0.05) is 0 Å². The van der Waals surface area contributed by atoms with Gasteiger partial charge in [0.05, 0.1) is 6.04 Å². The molecule has 4 aromatic rings.